The van der Waals surface area contributed by atoms with Gasteiger partial charge in [0.1, 0.15) is 0 Å². The quantitative estimate of drug-likeness (QED) is 0.232. The largest absolute Gasteiger partial charge is 0.453 e. The Morgan fingerprint density at radius 1 is 0.436 bits per heavy atom. The van der Waals surface area contributed by atoms with E-state index in [1.165, 1.54) is 38.1 Å². The minimum absolute atomic E-state index is 0.871. The summed E-state index contributed by atoms with van der Waals surface area (Å²) in [4.78, 5) is 0. The normalized spacial score (nSPS) is 12.3. The average molecular weight is 499 g/mol. The fourth-order valence-corrected chi connectivity index (χ4v) is 6.50. The Hall–Kier alpha value is -5.28. The van der Waals surface area contributed by atoms with E-state index < -0.39 is 0 Å². The maximum Gasteiger partial charge on any atom is 0.152 e. The first-order chi connectivity index (χ1) is 19.4. The molecule has 39 heavy (non-hydrogen) atoms. The van der Waals surface area contributed by atoms with E-state index in [-0.39, 0.29) is 0 Å². The molecule has 3 heterocycles. The zero-order valence-corrected chi connectivity index (χ0v) is 21.0. The van der Waals surface area contributed by atoms with E-state index in [0.29, 0.717) is 0 Å². The van der Waals surface area contributed by atoms with Crippen molar-refractivity contribution in [2.75, 3.05) is 0 Å². The van der Waals surface area contributed by atoms with E-state index in [1.54, 1.807) is 0 Å². The first-order valence-electron chi connectivity index (χ1n) is 13.3. The Bertz CT molecular complexity index is 2210. The number of ether oxygens (including phenoxy) is 1. The lowest BCUT2D eigenvalue weighted by atomic mass is 10.0. The highest BCUT2D eigenvalue weighted by atomic mass is 16.5. The second-order valence-corrected chi connectivity index (χ2v) is 10.2. The minimum atomic E-state index is 0.871. The summed E-state index contributed by atoms with van der Waals surface area (Å²) in [5.41, 5.74) is 9.26. The molecule has 0 spiro atoms. The van der Waals surface area contributed by atoms with Crippen molar-refractivity contribution in [2.24, 2.45) is 0 Å². The molecule has 0 aliphatic carbocycles. The molecule has 2 aromatic heterocycles. The fraction of sp³-hybridized carbons (Fsp3) is 0. The van der Waals surface area contributed by atoms with Crippen LogP contribution in [0.1, 0.15) is 0 Å². The van der Waals surface area contributed by atoms with Crippen molar-refractivity contribution in [3.63, 3.8) is 0 Å². The van der Waals surface area contributed by atoms with Crippen LogP contribution < -0.4 is 4.74 Å². The molecule has 0 unspecified atom stereocenters. The number of hydrogen-bond donors (Lipinski definition) is 0. The van der Waals surface area contributed by atoms with Crippen molar-refractivity contribution in [3.05, 3.63) is 133 Å². The Morgan fingerprint density at radius 2 is 1.00 bits per heavy atom. The number of para-hydroxylation sites is 5. The van der Waals surface area contributed by atoms with Crippen LogP contribution in [0.4, 0.5) is 0 Å². The molecule has 3 nitrogen and oxygen atoms in total. The van der Waals surface area contributed by atoms with Gasteiger partial charge >= 0.3 is 0 Å². The molecule has 182 valence electrons. The molecule has 3 heteroatoms. The van der Waals surface area contributed by atoms with Crippen molar-refractivity contribution < 1.29 is 4.74 Å². The average Bonchev–Trinajstić information content (AvgIpc) is 3.52. The van der Waals surface area contributed by atoms with Crippen molar-refractivity contribution >= 4 is 43.6 Å². The molecule has 0 saturated heterocycles. The third kappa shape index (κ3) is 2.76. The van der Waals surface area contributed by atoms with E-state index in [2.05, 4.69) is 143 Å². The zero-order valence-electron chi connectivity index (χ0n) is 21.0. The van der Waals surface area contributed by atoms with Crippen LogP contribution in [0.5, 0.6) is 11.5 Å². The van der Waals surface area contributed by atoms with Crippen LogP contribution in [0, 0.1) is 0 Å². The molecule has 8 aromatic rings. The molecule has 6 aromatic carbocycles. The monoisotopic (exact) mass is 498 g/mol. The summed E-state index contributed by atoms with van der Waals surface area (Å²) in [6.45, 7) is 0. The van der Waals surface area contributed by atoms with Gasteiger partial charge in [-0.2, -0.15) is 0 Å². The Labute approximate surface area is 224 Å². The predicted octanol–water partition coefficient (Wildman–Crippen LogP) is 9.65. The summed E-state index contributed by atoms with van der Waals surface area (Å²) in [5.74, 6) is 1.77. The SMILES string of the molecule is c1cc(-c2cccc3c2-n2c4ccccc4c4cccc(c42)O3)cc(-n2c3ccccc3c3ccccc32)c1. The van der Waals surface area contributed by atoms with E-state index in [1.807, 2.05) is 0 Å². The van der Waals surface area contributed by atoms with Gasteiger partial charge < -0.3 is 13.9 Å². The van der Waals surface area contributed by atoms with Crippen molar-refractivity contribution in [1.82, 2.24) is 9.13 Å². The summed E-state index contributed by atoms with van der Waals surface area (Å²) in [6.07, 6.45) is 0. The highest BCUT2D eigenvalue weighted by molar-refractivity contribution is 6.13. The smallest absolute Gasteiger partial charge is 0.152 e. The van der Waals surface area contributed by atoms with E-state index in [9.17, 15) is 0 Å². The lowest BCUT2D eigenvalue weighted by molar-refractivity contribution is 0.477. The topological polar surface area (TPSA) is 19.1 Å². The maximum atomic E-state index is 6.53. The molecule has 0 atom stereocenters. The third-order valence-corrected chi connectivity index (χ3v) is 8.10. The number of fused-ring (bicyclic) bond motifs is 8. The standard InChI is InChI=1S/C36H22N2O/c1-4-17-30-26(12-1)27-13-2-5-18-31(27)37(30)24-11-7-10-23(22-24)25-15-8-20-33-35(25)38-32-19-6-3-14-28(32)29-16-9-21-34(39-33)36(29)38/h1-22H. The number of nitrogens with zero attached hydrogens (tertiary/aromatic N) is 2. The number of hydrogen-bond acceptors (Lipinski definition) is 1. The van der Waals surface area contributed by atoms with Crippen molar-refractivity contribution in [2.45, 2.75) is 0 Å². The van der Waals surface area contributed by atoms with E-state index in [4.69, 9.17) is 4.74 Å². The molecule has 0 saturated carbocycles. The van der Waals surface area contributed by atoms with E-state index >= 15 is 0 Å². The Morgan fingerprint density at radius 3 is 1.74 bits per heavy atom. The molecule has 9 rings (SSSR count). The molecule has 1 aliphatic rings. The first-order valence-corrected chi connectivity index (χ1v) is 13.3. The molecule has 0 N–H and O–H groups in total. The summed E-state index contributed by atoms with van der Waals surface area (Å²) in [7, 11) is 0. The van der Waals surface area contributed by atoms with Gasteiger partial charge in [0, 0.05) is 32.8 Å². The van der Waals surface area contributed by atoms with Gasteiger partial charge in [0.15, 0.2) is 11.5 Å². The lowest BCUT2D eigenvalue weighted by Gasteiger charge is -2.24. The van der Waals surface area contributed by atoms with E-state index in [0.717, 1.165) is 39.5 Å². The second kappa shape index (κ2) is 7.62. The molecule has 0 amide bonds. The van der Waals surface area contributed by atoms with Gasteiger partial charge in [-0.3, -0.25) is 0 Å². The van der Waals surface area contributed by atoms with Crippen LogP contribution in [0.3, 0.4) is 0 Å². The Balaban J connectivity index is 1.33. The van der Waals surface area contributed by atoms with Gasteiger partial charge in [0.25, 0.3) is 0 Å². The fourth-order valence-electron chi connectivity index (χ4n) is 6.50. The van der Waals surface area contributed by atoms with Gasteiger partial charge in [-0.25, -0.2) is 0 Å². The van der Waals surface area contributed by atoms with Crippen LogP contribution >= 0.6 is 0 Å². The van der Waals surface area contributed by atoms with Crippen LogP contribution in [-0.4, -0.2) is 9.13 Å². The van der Waals surface area contributed by atoms with Crippen LogP contribution in [0.15, 0.2) is 133 Å². The van der Waals surface area contributed by atoms with Crippen molar-refractivity contribution in [3.8, 4) is 34.0 Å². The van der Waals surface area contributed by atoms with Crippen molar-refractivity contribution in [1.29, 1.82) is 0 Å². The zero-order chi connectivity index (χ0) is 25.5. The van der Waals surface area contributed by atoms with Gasteiger partial charge in [-0.05, 0) is 48.0 Å². The molecule has 0 radical (unpaired) electrons. The van der Waals surface area contributed by atoms with Crippen LogP contribution in [0.2, 0.25) is 0 Å². The predicted molar refractivity (Wildman–Crippen MR) is 161 cm³/mol. The summed E-state index contributed by atoms with van der Waals surface area (Å²) < 4.78 is 11.3. The first kappa shape index (κ1) is 20.7. The van der Waals surface area contributed by atoms with Gasteiger partial charge in [0.05, 0.1) is 27.8 Å². The van der Waals surface area contributed by atoms with Crippen LogP contribution in [-0.2, 0) is 0 Å². The maximum absolute atomic E-state index is 6.53. The Kier molecular flexibility index (Phi) is 4.05. The summed E-state index contributed by atoms with van der Waals surface area (Å²) in [5, 5.41) is 4.98. The molecular formula is C36H22N2O. The molecule has 1 aliphatic heterocycles. The lowest BCUT2D eigenvalue weighted by Crippen LogP contribution is -2.06. The summed E-state index contributed by atoms with van der Waals surface area (Å²) in [6, 6.07) is 47.5. The highest BCUT2D eigenvalue weighted by Gasteiger charge is 2.26. The highest BCUT2D eigenvalue weighted by Crippen LogP contribution is 2.48. The minimum Gasteiger partial charge on any atom is -0.453 e. The van der Waals surface area contributed by atoms with Gasteiger partial charge in [0.2, 0.25) is 0 Å². The van der Waals surface area contributed by atoms with Gasteiger partial charge in [-0.15, -0.1) is 0 Å². The molecule has 0 fully saturated rings. The number of rotatable bonds is 2. The number of benzene rings is 6. The van der Waals surface area contributed by atoms with Gasteiger partial charge in [-0.1, -0.05) is 91.0 Å². The third-order valence-electron chi connectivity index (χ3n) is 8.10. The molecular weight excluding hydrogens is 476 g/mol. The number of aromatic nitrogens is 2. The second-order valence-electron chi connectivity index (χ2n) is 10.2. The molecule has 0 bridgehead atoms. The summed E-state index contributed by atoms with van der Waals surface area (Å²) >= 11 is 0. The van der Waals surface area contributed by atoms with Crippen LogP contribution in [0.25, 0.3) is 66.1 Å².